The van der Waals surface area contributed by atoms with Crippen molar-refractivity contribution < 1.29 is 0 Å². The monoisotopic (exact) mass is 291 g/mol. The Morgan fingerprint density at radius 1 is 1.05 bits per heavy atom. The Bertz CT molecular complexity index is 767. The first-order valence-electron chi connectivity index (χ1n) is 5.95. The van der Waals surface area contributed by atoms with E-state index in [-0.39, 0.29) is 11.3 Å². The zero-order valence-corrected chi connectivity index (χ0v) is 11.9. The molecule has 0 aliphatic heterocycles. The molecular weight excluding hydrogens is 282 g/mol. The number of nitriles is 3. The molecule has 100 valence electrons. The standard InChI is InChI=1S/C15H9N5S/c1-21-15-12(9-18)13(11(7-16)8-17)19-14(20-15)10-5-3-2-4-6-10/h2-6,11H,1H3. The van der Waals surface area contributed by atoms with Crippen molar-refractivity contribution in [3.63, 3.8) is 0 Å². The molecule has 0 atom stereocenters. The summed E-state index contributed by atoms with van der Waals surface area (Å²) in [4.78, 5) is 8.63. The quantitative estimate of drug-likeness (QED) is 0.637. The molecule has 0 saturated heterocycles. The fourth-order valence-electron chi connectivity index (χ4n) is 1.79. The highest BCUT2D eigenvalue weighted by atomic mass is 32.2. The average molecular weight is 291 g/mol. The molecule has 0 saturated carbocycles. The van der Waals surface area contributed by atoms with Gasteiger partial charge in [-0.1, -0.05) is 30.3 Å². The van der Waals surface area contributed by atoms with Crippen LogP contribution in [-0.4, -0.2) is 16.2 Å². The van der Waals surface area contributed by atoms with Crippen molar-refractivity contribution in [2.75, 3.05) is 6.26 Å². The van der Waals surface area contributed by atoms with Crippen molar-refractivity contribution in [2.45, 2.75) is 10.9 Å². The SMILES string of the molecule is CSc1nc(-c2ccccc2)nc(C(C#N)C#N)c1C#N. The number of thioether (sulfide) groups is 1. The van der Waals surface area contributed by atoms with Crippen LogP contribution in [0.5, 0.6) is 0 Å². The smallest absolute Gasteiger partial charge is 0.176 e. The van der Waals surface area contributed by atoms with E-state index in [4.69, 9.17) is 10.5 Å². The van der Waals surface area contributed by atoms with Gasteiger partial charge in [0.05, 0.1) is 17.8 Å². The minimum atomic E-state index is -1.09. The highest BCUT2D eigenvalue weighted by Gasteiger charge is 2.22. The molecule has 1 heterocycles. The van der Waals surface area contributed by atoms with Gasteiger partial charge in [0.25, 0.3) is 0 Å². The van der Waals surface area contributed by atoms with Gasteiger partial charge in [-0.05, 0) is 6.26 Å². The lowest BCUT2D eigenvalue weighted by atomic mass is 10.0. The largest absolute Gasteiger partial charge is 0.229 e. The molecule has 1 aromatic carbocycles. The molecule has 0 unspecified atom stereocenters. The van der Waals surface area contributed by atoms with E-state index < -0.39 is 5.92 Å². The Hall–Kier alpha value is -2.88. The fourth-order valence-corrected chi connectivity index (χ4v) is 2.32. The van der Waals surface area contributed by atoms with Gasteiger partial charge in [-0.15, -0.1) is 11.8 Å². The molecular formula is C15H9N5S. The van der Waals surface area contributed by atoms with E-state index in [2.05, 4.69) is 9.97 Å². The van der Waals surface area contributed by atoms with Gasteiger partial charge in [-0.3, -0.25) is 0 Å². The van der Waals surface area contributed by atoms with Gasteiger partial charge in [0.15, 0.2) is 11.7 Å². The summed E-state index contributed by atoms with van der Waals surface area (Å²) < 4.78 is 0. The molecule has 21 heavy (non-hydrogen) atoms. The molecule has 0 aliphatic rings. The van der Waals surface area contributed by atoms with Crippen LogP contribution in [0.3, 0.4) is 0 Å². The van der Waals surface area contributed by atoms with E-state index in [0.29, 0.717) is 10.9 Å². The molecule has 0 amide bonds. The van der Waals surface area contributed by atoms with Crippen LogP contribution in [0.15, 0.2) is 35.4 Å². The van der Waals surface area contributed by atoms with Crippen molar-refractivity contribution in [3.8, 4) is 29.6 Å². The van der Waals surface area contributed by atoms with Gasteiger partial charge in [-0.2, -0.15) is 15.8 Å². The van der Waals surface area contributed by atoms with E-state index >= 15 is 0 Å². The lowest BCUT2D eigenvalue weighted by Crippen LogP contribution is -2.06. The molecule has 0 fully saturated rings. The molecule has 0 spiro atoms. The predicted molar refractivity (Wildman–Crippen MR) is 77.9 cm³/mol. The lowest BCUT2D eigenvalue weighted by molar-refractivity contribution is 0.930. The second-order valence-corrected chi connectivity index (χ2v) is 4.78. The number of benzene rings is 1. The van der Waals surface area contributed by atoms with Crippen molar-refractivity contribution in [3.05, 3.63) is 41.6 Å². The number of hydrogen-bond donors (Lipinski definition) is 0. The summed E-state index contributed by atoms with van der Waals surface area (Å²) >= 11 is 1.29. The van der Waals surface area contributed by atoms with E-state index in [9.17, 15) is 5.26 Å². The van der Waals surface area contributed by atoms with Gasteiger partial charge in [-0.25, -0.2) is 9.97 Å². The Morgan fingerprint density at radius 3 is 2.24 bits per heavy atom. The predicted octanol–water partition coefficient (Wildman–Crippen LogP) is 2.87. The average Bonchev–Trinajstić information content (AvgIpc) is 2.56. The molecule has 2 aromatic rings. The highest BCUT2D eigenvalue weighted by Crippen LogP contribution is 2.28. The Kier molecular flexibility index (Phi) is 4.51. The zero-order valence-electron chi connectivity index (χ0n) is 11.1. The maximum absolute atomic E-state index is 9.27. The van der Waals surface area contributed by atoms with Gasteiger partial charge in [0.2, 0.25) is 0 Å². The fraction of sp³-hybridized carbons (Fsp3) is 0.133. The lowest BCUT2D eigenvalue weighted by Gasteiger charge is -2.09. The number of nitrogens with zero attached hydrogens (tertiary/aromatic N) is 5. The number of rotatable bonds is 3. The van der Waals surface area contributed by atoms with Crippen LogP contribution in [0, 0.1) is 34.0 Å². The van der Waals surface area contributed by atoms with Crippen LogP contribution >= 0.6 is 11.8 Å². The van der Waals surface area contributed by atoms with Crippen LogP contribution in [0.4, 0.5) is 0 Å². The summed E-state index contributed by atoms with van der Waals surface area (Å²) in [5, 5.41) is 27.9. The van der Waals surface area contributed by atoms with Crippen LogP contribution in [0.25, 0.3) is 11.4 Å². The normalized spacial score (nSPS) is 9.67. The third kappa shape index (κ3) is 2.84. The minimum absolute atomic E-state index is 0.167. The van der Waals surface area contributed by atoms with Crippen molar-refractivity contribution in [1.82, 2.24) is 9.97 Å². The van der Waals surface area contributed by atoms with E-state index in [1.54, 1.807) is 6.26 Å². The Balaban J connectivity index is 2.73. The molecule has 0 N–H and O–H groups in total. The van der Waals surface area contributed by atoms with Crippen molar-refractivity contribution in [1.29, 1.82) is 15.8 Å². The first-order valence-corrected chi connectivity index (χ1v) is 7.18. The molecule has 5 nitrogen and oxygen atoms in total. The zero-order chi connectivity index (χ0) is 15.2. The van der Waals surface area contributed by atoms with Crippen LogP contribution in [0.1, 0.15) is 17.2 Å². The number of aromatic nitrogens is 2. The van der Waals surface area contributed by atoms with Crippen molar-refractivity contribution >= 4 is 11.8 Å². The minimum Gasteiger partial charge on any atom is -0.229 e. The summed E-state index contributed by atoms with van der Waals surface area (Å²) in [5.41, 5.74) is 1.13. The molecule has 1 aromatic heterocycles. The third-order valence-electron chi connectivity index (χ3n) is 2.77. The highest BCUT2D eigenvalue weighted by molar-refractivity contribution is 7.98. The summed E-state index contributed by atoms with van der Waals surface area (Å²) in [6, 6.07) is 15.0. The first kappa shape index (κ1) is 14.5. The number of hydrogen-bond acceptors (Lipinski definition) is 6. The van der Waals surface area contributed by atoms with Crippen LogP contribution < -0.4 is 0 Å². The topological polar surface area (TPSA) is 97.2 Å². The molecule has 0 aliphatic carbocycles. The van der Waals surface area contributed by atoms with Gasteiger partial charge < -0.3 is 0 Å². The maximum Gasteiger partial charge on any atom is 0.176 e. The molecule has 0 bridgehead atoms. The summed E-state index contributed by atoms with van der Waals surface area (Å²) in [7, 11) is 0. The Morgan fingerprint density at radius 2 is 1.71 bits per heavy atom. The molecule has 0 radical (unpaired) electrons. The van der Waals surface area contributed by atoms with Gasteiger partial charge in [0, 0.05) is 5.56 Å². The summed E-state index contributed by atoms with van der Waals surface area (Å²) in [6.45, 7) is 0. The van der Waals surface area contributed by atoms with Crippen LogP contribution in [-0.2, 0) is 0 Å². The maximum atomic E-state index is 9.27. The van der Waals surface area contributed by atoms with E-state index in [1.165, 1.54) is 11.8 Å². The van der Waals surface area contributed by atoms with Gasteiger partial charge >= 0.3 is 0 Å². The van der Waals surface area contributed by atoms with Crippen LogP contribution in [0.2, 0.25) is 0 Å². The molecule has 2 rings (SSSR count). The summed E-state index contributed by atoms with van der Waals surface area (Å²) in [6.07, 6.45) is 1.79. The van der Waals surface area contributed by atoms with Crippen molar-refractivity contribution in [2.24, 2.45) is 0 Å². The molecule has 6 heteroatoms. The van der Waals surface area contributed by atoms with E-state index in [1.807, 2.05) is 48.5 Å². The second-order valence-electron chi connectivity index (χ2n) is 3.99. The summed E-state index contributed by atoms with van der Waals surface area (Å²) in [5.74, 6) is -0.680. The van der Waals surface area contributed by atoms with Gasteiger partial charge in [0.1, 0.15) is 16.7 Å². The Labute approximate surface area is 126 Å². The second kappa shape index (κ2) is 6.52. The first-order chi connectivity index (χ1) is 10.2. The third-order valence-corrected chi connectivity index (χ3v) is 3.45. The van der Waals surface area contributed by atoms with E-state index in [0.717, 1.165) is 5.56 Å².